The topological polar surface area (TPSA) is 58.6 Å². The van der Waals surface area contributed by atoms with Crippen LogP contribution in [0.5, 0.6) is 0 Å². The third-order valence-electron chi connectivity index (χ3n) is 2.36. The summed E-state index contributed by atoms with van der Waals surface area (Å²) in [4.78, 5) is 11.1. The second kappa shape index (κ2) is 6.96. The number of ether oxygens (including phenoxy) is 1. The number of halogens is 1. The Balaban J connectivity index is 2.42. The van der Waals surface area contributed by atoms with Crippen LogP contribution in [0.3, 0.4) is 0 Å². The van der Waals surface area contributed by atoms with Gasteiger partial charge in [-0.15, -0.1) is 0 Å². The van der Waals surface area contributed by atoms with E-state index in [1.54, 1.807) is 26.0 Å². The molecule has 18 heavy (non-hydrogen) atoms. The summed E-state index contributed by atoms with van der Waals surface area (Å²) in [5.74, 6) is -0.838. The molecule has 0 saturated carbocycles. The Morgan fingerprint density at radius 2 is 2.28 bits per heavy atom. The second-order valence-electron chi connectivity index (χ2n) is 4.03. The van der Waals surface area contributed by atoms with Crippen LogP contribution in [-0.2, 0) is 9.53 Å². The Labute approximate surface area is 106 Å². The van der Waals surface area contributed by atoms with Crippen molar-refractivity contribution < 1.29 is 19.0 Å². The van der Waals surface area contributed by atoms with Crippen LogP contribution in [0, 0.1) is 12.7 Å². The molecule has 0 amide bonds. The number of rotatable bonds is 6. The molecule has 1 rings (SSSR count). The quantitative estimate of drug-likeness (QED) is 0.762. The highest BCUT2D eigenvalue weighted by molar-refractivity contribution is 5.70. The van der Waals surface area contributed by atoms with E-state index < -0.39 is 12.1 Å². The highest BCUT2D eigenvalue weighted by Crippen LogP contribution is 2.15. The van der Waals surface area contributed by atoms with Crippen LogP contribution < -0.4 is 5.32 Å². The fourth-order valence-electron chi connectivity index (χ4n) is 1.48. The summed E-state index contributed by atoms with van der Waals surface area (Å²) in [6, 6.07) is 4.77. The number of aliphatic hydroxyl groups is 1. The number of aliphatic hydroxyl groups excluding tert-OH is 1. The second-order valence-corrected chi connectivity index (χ2v) is 4.03. The summed E-state index contributed by atoms with van der Waals surface area (Å²) >= 11 is 0. The standard InChI is InChI=1S/C13H18FNO3/c1-3-18-13(17)7-10(16)8-15-12-5-4-9(2)6-11(12)14/h4-6,10,15-16H,3,7-8H2,1-2H3. The van der Waals surface area contributed by atoms with E-state index in [0.29, 0.717) is 5.69 Å². The van der Waals surface area contributed by atoms with E-state index in [0.717, 1.165) is 5.56 Å². The van der Waals surface area contributed by atoms with Gasteiger partial charge in [-0.05, 0) is 31.5 Å². The van der Waals surface area contributed by atoms with E-state index >= 15 is 0 Å². The van der Waals surface area contributed by atoms with E-state index in [1.165, 1.54) is 6.07 Å². The van der Waals surface area contributed by atoms with Crippen molar-refractivity contribution in [2.24, 2.45) is 0 Å². The Morgan fingerprint density at radius 3 is 2.89 bits per heavy atom. The third kappa shape index (κ3) is 4.71. The SMILES string of the molecule is CCOC(=O)CC(O)CNc1ccc(C)cc1F. The van der Waals surface area contributed by atoms with E-state index in [1.807, 2.05) is 0 Å². The Morgan fingerprint density at radius 1 is 1.56 bits per heavy atom. The van der Waals surface area contributed by atoms with Crippen molar-refractivity contribution in [3.05, 3.63) is 29.6 Å². The van der Waals surface area contributed by atoms with Crippen molar-refractivity contribution >= 4 is 11.7 Å². The normalized spacial score (nSPS) is 12.0. The molecule has 0 aromatic heterocycles. The molecule has 4 nitrogen and oxygen atoms in total. The van der Waals surface area contributed by atoms with Gasteiger partial charge in [0.25, 0.3) is 0 Å². The maximum absolute atomic E-state index is 13.4. The fourth-order valence-corrected chi connectivity index (χ4v) is 1.48. The molecule has 0 aliphatic rings. The van der Waals surface area contributed by atoms with E-state index in [4.69, 9.17) is 4.74 Å². The lowest BCUT2D eigenvalue weighted by Crippen LogP contribution is -2.24. The molecule has 0 aliphatic carbocycles. The molecule has 0 fully saturated rings. The largest absolute Gasteiger partial charge is 0.466 e. The number of aryl methyl sites for hydroxylation is 1. The van der Waals surface area contributed by atoms with Crippen molar-refractivity contribution in [3.8, 4) is 0 Å². The Hall–Kier alpha value is -1.62. The molecule has 100 valence electrons. The molecule has 0 spiro atoms. The fraction of sp³-hybridized carbons (Fsp3) is 0.462. The first kappa shape index (κ1) is 14.4. The van der Waals surface area contributed by atoms with Gasteiger partial charge in [-0.3, -0.25) is 4.79 Å². The molecule has 0 radical (unpaired) electrons. The summed E-state index contributed by atoms with van der Waals surface area (Å²) in [5.41, 5.74) is 1.13. The van der Waals surface area contributed by atoms with Crippen LogP contribution in [0.25, 0.3) is 0 Å². The van der Waals surface area contributed by atoms with Gasteiger partial charge in [0.05, 0.1) is 24.8 Å². The first-order chi connectivity index (χ1) is 8.52. The summed E-state index contributed by atoms with van der Waals surface area (Å²) in [6.45, 7) is 3.87. The van der Waals surface area contributed by atoms with Gasteiger partial charge >= 0.3 is 5.97 Å². The van der Waals surface area contributed by atoms with E-state index in [-0.39, 0.29) is 25.4 Å². The van der Waals surface area contributed by atoms with Gasteiger partial charge in [0.1, 0.15) is 5.82 Å². The molecule has 1 aromatic carbocycles. The zero-order valence-electron chi connectivity index (χ0n) is 10.6. The van der Waals surface area contributed by atoms with Gasteiger partial charge < -0.3 is 15.2 Å². The van der Waals surface area contributed by atoms with Crippen molar-refractivity contribution in [2.45, 2.75) is 26.4 Å². The van der Waals surface area contributed by atoms with Gasteiger partial charge in [-0.25, -0.2) is 4.39 Å². The number of anilines is 1. The summed E-state index contributed by atoms with van der Waals surface area (Å²) < 4.78 is 18.2. The number of carbonyl (C=O) groups excluding carboxylic acids is 1. The lowest BCUT2D eigenvalue weighted by atomic mass is 10.2. The summed E-state index contributed by atoms with van der Waals surface area (Å²) in [6.07, 6.45) is -1.00. The number of hydrogen-bond donors (Lipinski definition) is 2. The highest BCUT2D eigenvalue weighted by Gasteiger charge is 2.12. The molecule has 1 unspecified atom stereocenters. The molecule has 0 saturated heterocycles. The Kier molecular flexibility index (Phi) is 5.58. The molecular formula is C13H18FNO3. The monoisotopic (exact) mass is 255 g/mol. The van der Waals surface area contributed by atoms with Crippen molar-refractivity contribution in [2.75, 3.05) is 18.5 Å². The lowest BCUT2D eigenvalue weighted by molar-refractivity contribution is -0.145. The van der Waals surface area contributed by atoms with Gasteiger partial charge in [0.15, 0.2) is 0 Å². The Bertz CT molecular complexity index is 409. The number of benzene rings is 1. The molecule has 5 heteroatoms. The van der Waals surface area contributed by atoms with Crippen molar-refractivity contribution in [1.82, 2.24) is 0 Å². The molecule has 1 aromatic rings. The average Bonchev–Trinajstić information content (AvgIpc) is 2.28. The summed E-state index contributed by atoms with van der Waals surface area (Å²) in [7, 11) is 0. The minimum atomic E-state index is -0.898. The van der Waals surface area contributed by atoms with Crippen LogP contribution in [-0.4, -0.2) is 30.3 Å². The zero-order valence-corrected chi connectivity index (χ0v) is 10.6. The number of carbonyl (C=O) groups is 1. The van der Waals surface area contributed by atoms with Gasteiger partial charge in [-0.1, -0.05) is 6.07 Å². The maximum Gasteiger partial charge on any atom is 0.308 e. The number of nitrogens with one attached hydrogen (secondary N) is 1. The minimum Gasteiger partial charge on any atom is -0.466 e. The first-order valence-corrected chi connectivity index (χ1v) is 5.86. The molecular weight excluding hydrogens is 237 g/mol. The van der Waals surface area contributed by atoms with Gasteiger partial charge in [-0.2, -0.15) is 0 Å². The molecule has 0 heterocycles. The minimum absolute atomic E-state index is 0.0960. The lowest BCUT2D eigenvalue weighted by Gasteiger charge is -2.12. The molecule has 2 N–H and O–H groups in total. The first-order valence-electron chi connectivity index (χ1n) is 5.86. The van der Waals surface area contributed by atoms with Crippen molar-refractivity contribution in [1.29, 1.82) is 0 Å². The molecule has 0 aliphatic heterocycles. The van der Waals surface area contributed by atoms with E-state index in [9.17, 15) is 14.3 Å². The van der Waals surface area contributed by atoms with Crippen molar-refractivity contribution in [3.63, 3.8) is 0 Å². The molecule has 1 atom stereocenters. The van der Waals surface area contributed by atoms with Gasteiger partial charge in [0, 0.05) is 6.54 Å². The maximum atomic E-state index is 13.4. The predicted octanol–water partition coefficient (Wildman–Crippen LogP) is 1.86. The van der Waals surface area contributed by atoms with Crippen LogP contribution in [0.1, 0.15) is 18.9 Å². The molecule has 0 bridgehead atoms. The predicted molar refractivity (Wildman–Crippen MR) is 66.9 cm³/mol. The number of esters is 1. The highest BCUT2D eigenvalue weighted by atomic mass is 19.1. The summed E-state index contributed by atoms with van der Waals surface area (Å²) in [5, 5.41) is 12.3. The van der Waals surface area contributed by atoms with Crippen LogP contribution in [0.4, 0.5) is 10.1 Å². The average molecular weight is 255 g/mol. The van der Waals surface area contributed by atoms with Gasteiger partial charge in [0.2, 0.25) is 0 Å². The smallest absolute Gasteiger partial charge is 0.308 e. The third-order valence-corrected chi connectivity index (χ3v) is 2.36. The van der Waals surface area contributed by atoms with Crippen LogP contribution in [0.2, 0.25) is 0 Å². The zero-order chi connectivity index (χ0) is 13.5. The van der Waals surface area contributed by atoms with Crippen LogP contribution in [0.15, 0.2) is 18.2 Å². The van der Waals surface area contributed by atoms with E-state index in [2.05, 4.69) is 5.32 Å². The van der Waals surface area contributed by atoms with Crippen LogP contribution >= 0.6 is 0 Å². The number of hydrogen-bond acceptors (Lipinski definition) is 4.